The van der Waals surface area contributed by atoms with E-state index in [0.29, 0.717) is 35.0 Å². The molecule has 13 heteroatoms. The SMILES string of the molecule is CC1CN(C(=O)Cn2ccn3c(=O)c(O)c(-c4ncc(Cc5ccc(F)cc5[S+](C)[O-])s4)nc23)CC(C)O1. The van der Waals surface area contributed by atoms with Crippen LogP contribution in [-0.2, 0) is 33.7 Å². The van der Waals surface area contributed by atoms with Gasteiger partial charge in [0.05, 0.1) is 12.2 Å². The third-order valence-electron chi connectivity index (χ3n) is 6.26. The third-order valence-corrected chi connectivity index (χ3v) is 8.27. The van der Waals surface area contributed by atoms with Crippen molar-refractivity contribution in [1.82, 2.24) is 23.8 Å². The second-order valence-electron chi connectivity index (χ2n) is 9.28. The Kier molecular flexibility index (Phi) is 7.27. The number of rotatable bonds is 6. The van der Waals surface area contributed by atoms with E-state index in [0.717, 1.165) is 4.88 Å². The Morgan fingerprint density at radius 1 is 1.29 bits per heavy atom. The molecule has 1 aromatic carbocycles. The summed E-state index contributed by atoms with van der Waals surface area (Å²) in [6.07, 6.45) is 6.30. The molecule has 38 heavy (non-hydrogen) atoms. The number of carbonyl (C=O) groups is 1. The number of ether oxygens (including phenoxy) is 1. The van der Waals surface area contributed by atoms with Crippen LogP contribution in [0.2, 0.25) is 0 Å². The summed E-state index contributed by atoms with van der Waals surface area (Å²) in [6, 6.07) is 4.15. The first-order valence-electron chi connectivity index (χ1n) is 11.9. The number of aromatic hydroxyl groups is 1. The van der Waals surface area contributed by atoms with Crippen molar-refractivity contribution in [2.75, 3.05) is 19.3 Å². The maximum absolute atomic E-state index is 13.7. The van der Waals surface area contributed by atoms with Gasteiger partial charge in [-0.2, -0.15) is 0 Å². The van der Waals surface area contributed by atoms with Gasteiger partial charge in [-0.15, -0.1) is 11.3 Å². The lowest BCUT2D eigenvalue weighted by Crippen LogP contribution is -2.49. The van der Waals surface area contributed by atoms with Crippen molar-refractivity contribution in [2.24, 2.45) is 0 Å². The summed E-state index contributed by atoms with van der Waals surface area (Å²) in [4.78, 5) is 37.7. The van der Waals surface area contributed by atoms with Crippen LogP contribution in [0.25, 0.3) is 16.5 Å². The van der Waals surface area contributed by atoms with Crippen LogP contribution in [0.15, 0.2) is 46.5 Å². The van der Waals surface area contributed by atoms with E-state index in [1.54, 1.807) is 27.9 Å². The highest BCUT2D eigenvalue weighted by molar-refractivity contribution is 7.90. The fourth-order valence-electron chi connectivity index (χ4n) is 4.59. The Balaban J connectivity index is 1.44. The minimum absolute atomic E-state index is 0.00524. The first-order chi connectivity index (χ1) is 18.1. The number of hydrogen-bond acceptors (Lipinski definition) is 8. The molecular formula is C25H26FN5O5S2. The monoisotopic (exact) mass is 559 g/mol. The van der Waals surface area contributed by atoms with Gasteiger partial charge >= 0.3 is 5.56 Å². The average molecular weight is 560 g/mol. The first-order valence-corrected chi connectivity index (χ1v) is 14.3. The molecule has 0 aliphatic carbocycles. The number of nitrogens with zero attached hydrogens (tertiary/aromatic N) is 5. The minimum atomic E-state index is -1.38. The second kappa shape index (κ2) is 10.5. The highest BCUT2D eigenvalue weighted by Crippen LogP contribution is 2.31. The van der Waals surface area contributed by atoms with Crippen LogP contribution in [0.4, 0.5) is 4.39 Å². The molecule has 10 nitrogen and oxygen atoms in total. The molecule has 0 radical (unpaired) electrons. The first kappa shape index (κ1) is 26.4. The van der Waals surface area contributed by atoms with Crippen LogP contribution in [0.3, 0.4) is 0 Å². The number of fused-ring (bicyclic) bond motifs is 1. The molecule has 1 aliphatic heterocycles. The number of carbonyl (C=O) groups excluding carboxylic acids is 1. The predicted octanol–water partition coefficient (Wildman–Crippen LogP) is 2.43. The van der Waals surface area contributed by atoms with E-state index < -0.39 is 28.3 Å². The highest BCUT2D eigenvalue weighted by Gasteiger charge is 2.27. The topological polar surface area (TPSA) is 125 Å². The number of morpholine rings is 1. The summed E-state index contributed by atoms with van der Waals surface area (Å²) in [5, 5.41) is 11.0. The molecular weight excluding hydrogens is 533 g/mol. The van der Waals surface area contributed by atoms with E-state index in [1.807, 2.05) is 13.8 Å². The molecule has 1 amide bonds. The summed E-state index contributed by atoms with van der Waals surface area (Å²) in [5.41, 5.74) is 0.0173. The number of halogens is 1. The van der Waals surface area contributed by atoms with E-state index in [4.69, 9.17) is 4.74 Å². The molecule has 1 N–H and O–H groups in total. The molecule has 0 bridgehead atoms. The van der Waals surface area contributed by atoms with Gasteiger partial charge in [-0.1, -0.05) is 6.07 Å². The van der Waals surface area contributed by atoms with Crippen molar-refractivity contribution in [1.29, 1.82) is 0 Å². The van der Waals surface area contributed by atoms with Gasteiger partial charge in [0.2, 0.25) is 17.4 Å². The lowest BCUT2D eigenvalue weighted by atomic mass is 10.1. The fraction of sp³-hybridized carbons (Fsp3) is 0.360. The van der Waals surface area contributed by atoms with E-state index in [9.17, 15) is 23.6 Å². The van der Waals surface area contributed by atoms with Crippen LogP contribution >= 0.6 is 11.3 Å². The Labute approximate surface area is 224 Å². The van der Waals surface area contributed by atoms with Crippen LogP contribution in [0, 0.1) is 5.82 Å². The van der Waals surface area contributed by atoms with Crippen LogP contribution in [0.1, 0.15) is 24.3 Å². The van der Waals surface area contributed by atoms with Crippen molar-refractivity contribution in [3.05, 3.63) is 63.4 Å². The number of thiazole rings is 1. The van der Waals surface area contributed by atoms with Gasteiger partial charge in [0.1, 0.15) is 23.6 Å². The molecule has 200 valence electrons. The molecule has 0 saturated carbocycles. The lowest BCUT2D eigenvalue weighted by molar-refractivity contribution is -0.143. The number of aromatic nitrogens is 4. The number of benzene rings is 1. The van der Waals surface area contributed by atoms with Gasteiger partial charge in [-0.25, -0.2) is 18.8 Å². The molecule has 1 saturated heterocycles. The zero-order chi connectivity index (χ0) is 27.1. The molecule has 4 aromatic rings. The van der Waals surface area contributed by atoms with Crippen LogP contribution in [-0.4, -0.2) is 71.0 Å². The fourth-order valence-corrected chi connectivity index (χ4v) is 6.31. The van der Waals surface area contributed by atoms with Crippen LogP contribution in [0.5, 0.6) is 5.75 Å². The van der Waals surface area contributed by atoms with Gasteiger partial charge in [0.25, 0.3) is 0 Å². The van der Waals surface area contributed by atoms with Crippen molar-refractivity contribution < 1.29 is 23.6 Å². The summed E-state index contributed by atoms with van der Waals surface area (Å²) < 4.78 is 34.2. The van der Waals surface area contributed by atoms with Gasteiger partial charge in [-0.05, 0) is 31.1 Å². The van der Waals surface area contributed by atoms with Gasteiger partial charge in [0.15, 0.2) is 10.6 Å². The normalized spacial score (nSPS) is 18.7. The van der Waals surface area contributed by atoms with E-state index >= 15 is 0 Å². The van der Waals surface area contributed by atoms with Crippen molar-refractivity contribution in [2.45, 2.75) is 43.9 Å². The summed E-state index contributed by atoms with van der Waals surface area (Å²) in [6.45, 7) is 4.75. The Bertz CT molecular complexity index is 1560. The Morgan fingerprint density at radius 3 is 2.74 bits per heavy atom. The summed E-state index contributed by atoms with van der Waals surface area (Å²) in [5.74, 6) is -0.954. The maximum Gasteiger partial charge on any atom is 0.302 e. The third kappa shape index (κ3) is 5.19. The van der Waals surface area contributed by atoms with Gasteiger partial charge < -0.3 is 23.9 Å². The lowest BCUT2D eigenvalue weighted by Gasteiger charge is -2.35. The number of hydrogen-bond donors (Lipinski definition) is 1. The maximum atomic E-state index is 13.7. The Morgan fingerprint density at radius 2 is 2.03 bits per heavy atom. The Hall–Kier alpha value is -3.26. The molecule has 0 spiro atoms. The largest absolute Gasteiger partial charge is 0.612 e. The van der Waals surface area contributed by atoms with Crippen molar-refractivity contribution in [3.63, 3.8) is 0 Å². The van der Waals surface area contributed by atoms with E-state index in [1.165, 1.54) is 40.3 Å². The zero-order valence-corrected chi connectivity index (χ0v) is 22.6. The van der Waals surface area contributed by atoms with Gasteiger partial charge in [0, 0.05) is 54.6 Å². The molecule has 3 unspecified atom stereocenters. The molecule has 3 aromatic heterocycles. The second-order valence-corrected chi connectivity index (χ2v) is 11.7. The summed E-state index contributed by atoms with van der Waals surface area (Å²) in [7, 11) is 0. The molecule has 1 aliphatic rings. The smallest absolute Gasteiger partial charge is 0.302 e. The van der Waals surface area contributed by atoms with Crippen molar-refractivity contribution >= 4 is 34.2 Å². The number of amides is 1. The molecule has 1 fully saturated rings. The number of imidazole rings is 1. The zero-order valence-electron chi connectivity index (χ0n) is 21.0. The molecule has 4 heterocycles. The van der Waals surface area contributed by atoms with Crippen LogP contribution < -0.4 is 5.56 Å². The quantitative estimate of drug-likeness (QED) is 0.360. The molecule has 5 rings (SSSR count). The minimum Gasteiger partial charge on any atom is -0.612 e. The average Bonchev–Trinajstić information content (AvgIpc) is 3.49. The predicted molar refractivity (Wildman–Crippen MR) is 140 cm³/mol. The van der Waals surface area contributed by atoms with Crippen molar-refractivity contribution in [3.8, 4) is 16.5 Å². The highest BCUT2D eigenvalue weighted by atomic mass is 32.2. The summed E-state index contributed by atoms with van der Waals surface area (Å²) >= 11 is -0.169. The standard InChI is InChI=1S/C25H26FN5O5S2/c1-14-11-30(12-15(2)36-14)20(32)13-29-6-7-31-24(34)22(33)21(28-25(29)31)23-27-10-18(37-23)8-16-4-5-17(26)9-19(16)38(3)35/h4-7,9-10,14-15,33H,8,11-13H2,1-3H3. The van der Waals surface area contributed by atoms with E-state index in [-0.39, 0.29) is 36.1 Å². The molecule has 3 atom stereocenters. The van der Waals surface area contributed by atoms with Gasteiger partial charge in [-0.3, -0.25) is 9.59 Å². The van der Waals surface area contributed by atoms with E-state index in [2.05, 4.69) is 9.97 Å².